The summed E-state index contributed by atoms with van der Waals surface area (Å²) in [6.45, 7) is 4.78. The number of piperazine rings is 1. The smallest absolute Gasteiger partial charge is 0.254 e. The molecule has 0 saturated carbocycles. The van der Waals surface area contributed by atoms with Gasteiger partial charge in [-0.2, -0.15) is 0 Å². The monoisotopic (exact) mass is 398 g/mol. The Morgan fingerprint density at radius 2 is 1.79 bits per heavy atom. The minimum Gasteiger partial charge on any atom is -0.368 e. The molecular weight excluding hydrogens is 376 g/mol. The van der Waals surface area contributed by atoms with E-state index >= 15 is 0 Å². The summed E-state index contributed by atoms with van der Waals surface area (Å²) >= 11 is 1.47. The lowest BCUT2D eigenvalue weighted by Crippen LogP contribution is -2.52. The predicted molar refractivity (Wildman–Crippen MR) is 108 cm³/mol. The predicted octanol–water partition coefficient (Wildman–Crippen LogP) is 1.52. The minimum atomic E-state index is -0.194. The molecule has 2 aliphatic heterocycles. The molecule has 0 unspecified atom stereocenters. The van der Waals surface area contributed by atoms with Crippen LogP contribution in [0.4, 0.5) is 5.69 Å². The maximum Gasteiger partial charge on any atom is 0.254 e. The number of rotatable bonds is 3. The first-order valence-electron chi connectivity index (χ1n) is 9.36. The van der Waals surface area contributed by atoms with Gasteiger partial charge in [-0.05, 0) is 31.2 Å². The number of nitrogens with zero attached hydrogens (tertiary/aromatic N) is 4. The van der Waals surface area contributed by atoms with Crippen molar-refractivity contribution in [2.24, 2.45) is 5.92 Å². The van der Waals surface area contributed by atoms with Gasteiger partial charge < -0.3 is 9.80 Å². The number of ketones is 1. The fraction of sp³-hybridized carbons (Fsp3) is 0.400. The van der Waals surface area contributed by atoms with Crippen LogP contribution in [0.25, 0.3) is 0 Å². The van der Waals surface area contributed by atoms with E-state index in [0.29, 0.717) is 36.1 Å². The number of carbonyl (C=O) groups is 2. The van der Waals surface area contributed by atoms with E-state index in [0.717, 1.165) is 18.8 Å². The topological polar surface area (TPSA) is 75.5 Å². The Kier molecular flexibility index (Phi) is 5.21. The third-order valence-corrected chi connectivity index (χ3v) is 6.45. The molecule has 2 aromatic rings. The van der Waals surface area contributed by atoms with Gasteiger partial charge in [0.25, 0.3) is 5.56 Å². The van der Waals surface area contributed by atoms with Crippen molar-refractivity contribution in [1.29, 1.82) is 0 Å². The van der Waals surface area contributed by atoms with E-state index in [4.69, 9.17) is 0 Å². The maximum atomic E-state index is 13.0. The number of benzene rings is 1. The van der Waals surface area contributed by atoms with Gasteiger partial charge in [0.2, 0.25) is 5.91 Å². The normalized spacial score (nSPS) is 19.2. The molecule has 1 saturated heterocycles. The molecule has 7 nitrogen and oxygen atoms in total. The van der Waals surface area contributed by atoms with Gasteiger partial charge in [0, 0.05) is 62.0 Å². The first-order chi connectivity index (χ1) is 13.5. The van der Waals surface area contributed by atoms with Crippen molar-refractivity contribution < 1.29 is 9.59 Å². The fourth-order valence-corrected chi connectivity index (χ4v) is 4.70. The van der Waals surface area contributed by atoms with Crippen molar-refractivity contribution in [3.05, 3.63) is 52.4 Å². The first-order valence-corrected chi connectivity index (χ1v) is 10.3. The Morgan fingerprint density at radius 1 is 1.07 bits per heavy atom. The SMILES string of the molecule is CC(=O)c1ccc(N2CCN(C(=O)[C@@H]3CSc4nccc(=O)n4C3)CC2)cc1. The Balaban J connectivity index is 1.37. The summed E-state index contributed by atoms with van der Waals surface area (Å²) in [6.07, 6.45) is 1.52. The summed E-state index contributed by atoms with van der Waals surface area (Å²) in [5.74, 6) is 0.631. The molecule has 1 atom stereocenters. The van der Waals surface area contributed by atoms with Crippen LogP contribution in [0.15, 0.2) is 46.5 Å². The molecule has 0 N–H and O–H groups in total. The average Bonchev–Trinajstić information content (AvgIpc) is 2.73. The van der Waals surface area contributed by atoms with Crippen molar-refractivity contribution in [2.45, 2.75) is 18.6 Å². The largest absolute Gasteiger partial charge is 0.368 e. The van der Waals surface area contributed by atoms with Crippen LogP contribution < -0.4 is 10.5 Å². The first kappa shape index (κ1) is 18.7. The molecule has 0 aliphatic carbocycles. The zero-order chi connectivity index (χ0) is 19.7. The maximum absolute atomic E-state index is 13.0. The lowest BCUT2D eigenvalue weighted by molar-refractivity contribution is -0.135. The second-order valence-electron chi connectivity index (χ2n) is 7.10. The number of hydrogen-bond acceptors (Lipinski definition) is 6. The van der Waals surface area contributed by atoms with Gasteiger partial charge in [-0.25, -0.2) is 4.98 Å². The summed E-state index contributed by atoms with van der Waals surface area (Å²) in [5, 5.41) is 0.690. The number of amides is 1. The van der Waals surface area contributed by atoms with E-state index in [2.05, 4.69) is 9.88 Å². The van der Waals surface area contributed by atoms with Gasteiger partial charge >= 0.3 is 0 Å². The van der Waals surface area contributed by atoms with Crippen molar-refractivity contribution in [1.82, 2.24) is 14.5 Å². The molecule has 0 radical (unpaired) electrons. The molecule has 8 heteroatoms. The fourth-order valence-electron chi connectivity index (χ4n) is 3.65. The number of fused-ring (bicyclic) bond motifs is 1. The second kappa shape index (κ2) is 7.79. The molecule has 1 aromatic carbocycles. The van der Waals surface area contributed by atoms with Gasteiger partial charge in [-0.1, -0.05) is 11.8 Å². The number of thioether (sulfide) groups is 1. The third-order valence-electron chi connectivity index (χ3n) is 5.30. The highest BCUT2D eigenvalue weighted by molar-refractivity contribution is 7.99. The molecule has 1 amide bonds. The summed E-state index contributed by atoms with van der Waals surface area (Å²) in [4.78, 5) is 44.8. The van der Waals surface area contributed by atoms with Gasteiger partial charge in [0.1, 0.15) is 0 Å². The minimum absolute atomic E-state index is 0.0585. The number of anilines is 1. The molecule has 4 rings (SSSR count). The number of hydrogen-bond donors (Lipinski definition) is 0. The van der Waals surface area contributed by atoms with Crippen LogP contribution in [0.2, 0.25) is 0 Å². The molecule has 146 valence electrons. The Morgan fingerprint density at radius 3 is 2.46 bits per heavy atom. The van der Waals surface area contributed by atoms with E-state index in [1.165, 1.54) is 24.0 Å². The molecule has 0 bridgehead atoms. The average molecular weight is 398 g/mol. The Bertz CT molecular complexity index is 949. The van der Waals surface area contributed by atoms with Crippen molar-refractivity contribution in [3.63, 3.8) is 0 Å². The molecule has 0 spiro atoms. The Labute approximate surface area is 167 Å². The summed E-state index contributed by atoms with van der Waals surface area (Å²) in [5.41, 5.74) is 1.67. The van der Waals surface area contributed by atoms with Crippen LogP contribution in [0.1, 0.15) is 17.3 Å². The zero-order valence-corrected chi connectivity index (χ0v) is 16.5. The van der Waals surface area contributed by atoms with Gasteiger partial charge in [-0.15, -0.1) is 0 Å². The second-order valence-corrected chi connectivity index (χ2v) is 8.09. The van der Waals surface area contributed by atoms with E-state index in [1.54, 1.807) is 11.5 Å². The van der Waals surface area contributed by atoms with E-state index in [1.807, 2.05) is 29.2 Å². The van der Waals surface area contributed by atoms with Crippen LogP contribution in [0, 0.1) is 5.92 Å². The van der Waals surface area contributed by atoms with E-state index < -0.39 is 0 Å². The van der Waals surface area contributed by atoms with Crippen LogP contribution in [-0.4, -0.2) is 58.1 Å². The van der Waals surface area contributed by atoms with Gasteiger partial charge in [0.05, 0.1) is 5.92 Å². The highest BCUT2D eigenvalue weighted by atomic mass is 32.2. The molecule has 1 aromatic heterocycles. The molecular formula is C20H22N4O3S. The summed E-state index contributed by atoms with van der Waals surface area (Å²) in [7, 11) is 0. The highest BCUT2D eigenvalue weighted by Crippen LogP contribution is 2.26. The van der Waals surface area contributed by atoms with E-state index in [9.17, 15) is 14.4 Å². The van der Waals surface area contributed by atoms with E-state index in [-0.39, 0.29) is 23.2 Å². The number of aromatic nitrogens is 2. The summed E-state index contributed by atoms with van der Waals surface area (Å²) in [6, 6.07) is 9.05. The summed E-state index contributed by atoms with van der Waals surface area (Å²) < 4.78 is 1.60. The highest BCUT2D eigenvalue weighted by Gasteiger charge is 2.31. The van der Waals surface area contributed by atoms with Crippen molar-refractivity contribution in [3.8, 4) is 0 Å². The van der Waals surface area contributed by atoms with Crippen LogP contribution in [0.3, 0.4) is 0 Å². The third kappa shape index (κ3) is 3.69. The van der Waals surface area contributed by atoms with Crippen LogP contribution in [-0.2, 0) is 11.3 Å². The van der Waals surface area contributed by atoms with Crippen molar-refractivity contribution in [2.75, 3.05) is 36.8 Å². The number of Topliss-reactive ketones (excluding diaryl/α,β-unsaturated/α-hetero) is 1. The molecule has 1 fully saturated rings. The zero-order valence-electron chi connectivity index (χ0n) is 15.7. The molecule has 3 heterocycles. The van der Waals surface area contributed by atoms with Crippen LogP contribution in [0.5, 0.6) is 0 Å². The lowest BCUT2D eigenvalue weighted by Gasteiger charge is -2.38. The van der Waals surface area contributed by atoms with Crippen LogP contribution >= 0.6 is 11.8 Å². The van der Waals surface area contributed by atoms with Crippen molar-refractivity contribution >= 4 is 29.1 Å². The molecule has 2 aliphatic rings. The molecule has 28 heavy (non-hydrogen) atoms. The quantitative estimate of drug-likeness (QED) is 0.576. The van der Waals surface area contributed by atoms with Gasteiger partial charge in [-0.3, -0.25) is 19.0 Å². The number of carbonyl (C=O) groups excluding carboxylic acids is 2. The Hall–Kier alpha value is -2.61. The lowest BCUT2D eigenvalue weighted by atomic mass is 10.1. The van der Waals surface area contributed by atoms with Gasteiger partial charge in [0.15, 0.2) is 10.9 Å². The standard InChI is InChI=1S/C20H22N4O3S/c1-14(25)15-2-4-17(5-3-15)22-8-10-23(11-9-22)19(27)16-12-24-18(26)6-7-21-20(24)28-13-16/h2-7,16H,8-13H2,1H3/t16-/m0/s1.